The number of oxazole rings is 1. The molecular formula is C13H14BrClN2O. The Hall–Kier alpha value is -0.840. The number of nitrogens with one attached hydrogen (secondary N) is 1. The number of benzene rings is 1. The van der Waals surface area contributed by atoms with Crippen molar-refractivity contribution < 1.29 is 4.42 Å². The van der Waals surface area contributed by atoms with Crippen LogP contribution in [0.2, 0.25) is 5.02 Å². The van der Waals surface area contributed by atoms with Crippen LogP contribution in [0.1, 0.15) is 19.5 Å². The molecule has 0 atom stereocenters. The molecule has 1 aromatic heterocycles. The molecule has 18 heavy (non-hydrogen) atoms. The van der Waals surface area contributed by atoms with Gasteiger partial charge in [0.2, 0.25) is 0 Å². The zero-order valence-electron chi connectivity index (χ0n) is 10.2. The summed E-state index contributed by atoms with van der Waals surface area (Å²) < 4.78 is 6.42. The predicted molar refractivity (Wildman–Crippen MR) is 76.6 cm³/mol. The molecule has 0 bridgehead atoms. The summed E-state index contributed by atoms with van der Waals surface area (Å²) in [6.07, 6.45) is 1.46. The third-order valence-electron chi connectivity index (χ3n) is 2.49. The number of hydrogen-bond acceptors (Lipinski definition) is 3. The second kappa shape index (κ2) is 5.87. The Kier molecular flexibility index (Phi) is 4.43. The fraction of sp³-hybridized carbons (Fsp3) is 0.308. The highest BCUT2D eigenvalue weighted by molar-refractivity contribution is 9.10. The highest BCUT2D eigenvalue weighted by Crippen LogP contribution is 2.32. The van der Waals surface area contributed by atoms with Gasteiger partial charge in [0.1, 0.15) is 5.69 Å². The lowest BCUT2D eigenvalue weighted by Crippen LogP contribution is -2.22. The number of nitrogens with zero attached hydrogens (tertiary/aromatic N) is 1. The van der Waals surface area contributed by atoms with Crippen molar-refractivity contribution in [3.63, 3.8) is 0 Å². The summed E-state index contributed by atoms with van der Waals surface area (Å²) in [7, 11) is 0. The van der Waals surface area contributed by atoms with Crippen LogP contribution >= 0.6 is 27.5 Å². The quantitative estimate of drug-likeness (QED) is 0.911. The normalized spacial score (nSPS) is 11.2. The lowest BCUT2D eigenvalue weighted by atomic mass is 10.1. The fourth-order valence-corrected chi connectivity index (χ4v) is 2.19. The first-order chi connectivity index (χ1) is 8.58. The van der Waals surface area contributed by atoms with Crippen molar-refractivity contribution in [3.05, 3.63) is 39.8 Å². The lowest BCUT2D eigenvalue weighted by Gasteiger charge is -2.08. The predicted octanol–water partition coefficient (Wildman–Crippen LogP) is 4.26. The average molecular weight is 330 g/mol. The molecule has 0 radical (unpaired) electrons. The van der Waals surface area contributed by atoms with E-state index in [1.165, 1.54) is 6.39 Å². The smallest absolute Gasteiger partial charge is 0.181 e. The van der Waals surface area contributed by atoms with Crippen LogP contribution in [-0.4, -0.2) is 11.0 Å². The Morgan fingerprint density at radius 1 is 1.44 bits per heavy atom. The summed E-state index contributed by atoms with van der Waals surface area (Å²) in [6.45, 7) is 4.85. The van der Waals surface area contributed by atoms with E-state index in [2.05, 4.69) is 40.1 Å². The van der Waals surface area contributed by atoms with Crippen molar-refractivity contribution >= 4 is 27.5 Å². The summed E-state index contributed by atoms with van der Waals surface area (Å²) >= 11 is 9.51. The molecule has 0 aliphatic rings. The minimum atomic E-state index is 0.400. The standard InChI is InChI=1S/C13H14BrClN2O/c1-8(2)16-6-12-13(18-7-17-12)10-5-9(15)3-4-11(10)14/h3-5,7-8,16H,6H2,1-2H3. The fourth-order valence-electron chi connectivity index (χ4n) is 1.59. The van der Waals surface area contributed by atoms with E-state index in [1.54, 1.807) is 0 Å². The van der Waals surface area contributed by atoms with Crippen LogP contribution in [0.15, 0.2) is 33.5 Å². The van der Waals surface area contributed by atoms with Gasteiger partial charge in [-0.1, -0.05) is 41.4 Å². The largest absolute Gasteiger partial charge is 0.443 e. The van der Waals surface area contributed by atoms with Gasteiger partial charge in [-0.05, 0) is 18.2 Å². The second-order valence-corrected chi connectivity index (χ2v) is 5.58. The molecule has 2 rings (SSSR count). The van der Waals surface area contributed by atoms with E-state index in [0.29, 0.717) is 17.6 Å². The molecular weight excluding hydrogens is 316 g/mol. The monoisotopic (exact) mass is 328 g/mol. The molecule has 1 N–H and O–H groups in total. The van der Waals surface area contributed by atoms with Crippen molar-refractivity contribution in [1.29, 1.82) is 0 Å². The molecule has 0 saturated heterocycles. The summed E-state index contributed by atoms with van der Waals surface area (Å²) in [5.41, 5.74) is 1.80. The van der Waals surface area contributed by atoms with E-state index in [0.717, 1.165) is 21.5 Å². The van der Waals surface area contributed by atoms with E-state index in [4.69, 9.17) is 16.0 Å². The first-order valence-electron chi connectivity index (χ1n) is 5.69. The second-order valence-electron chi connectivity index (χ2n) is 4.29. The van der Waals surface area contributed by atoms with Crippen molar-refractivity contribution in [2.24, 2.45) is 0 Å². The van der Waals surface area contributed by atoms with Gasteiger partial charge in [-0.2, -0.15) is 0 Å². The molecule has 2 aromatic rings. The number of aromatic nitrogens is 1. The van der Waals surface area contributed by atoms with Crippen LogP contribution in [0.5, 0.6) is 0 Å². The Morgan fingerprint density at radius 2 is 2.22 bits per heavy atom. The molecule has 1 aromatic carbocycles. The van der Waals surface area contributed by atoms with E-state index < -0.39 is 0 Å². The zero-order valence-corrected chi connectivity index (χ0v) is 12.5. The molecule has 3 nitrogen and oxygen atoms in total. The lowest BCUT2D eigenvalue weighted by molar-refractivity contribution is 0.562. The van der Waals surface area contributed by atoms with Gasteiger partial charge in [0.15, 0.2) is 12.2 Å². The third-order valence-corrected chi connectivity index (χ3v) is 3.42. The minimum absolute atomic E-state index is 0.400. The van der Waals surface area contributed by atoms with Crippen LogP contribution in [0, 0.1) is 0 Å². The van der Waals surface area contributed by atoms with Crippen LogP contribution in [0.4, 0.5) is 0 Å². The van der Waals surface area contributed by atoms with Crippen LogP contribution in [-0.2, 0) is 6.54 Å². The first-order valence-corrected chi connectivity index (χ1v) is 6.86. The van der Waals surface area contributed by atoms with Crippen molar-refractivity contribution in [3.8, 4) is 11.3 Å². The Balaban J connectivity index is 2.33. The Labute approximate surface area is 120 Å². The Morgan fingerprint density at radius 3 is 2.94 bits per heavy atom. The topological polar surface area (TPSA) is 38.1 Å². The maximum absolute atomic E-state index is 6.02. The van der Waals surface area contributed by atoms with Crippen molar-refractivity contribution in [2.75, 3.05) is 0 Å². The van der Waals surface area contributed by atoms with Gasteiger partial charge in [-0.25, -0.2) is 4.98 Å². The summed E-state index contributed by atoms with van der Waals surface area (Å²) in [4.78, 5) is 4.24. The number of halogens is 2. The van der Waals surface area contributed by atoms with Crippen LogP contribution in [0.3, 0.4) is 0 Å². The van der Waals surface area contributed by atoms with Gasteiger partial charge >= 0.3 is 0 Å². The summed E-state index contributed by atoms with van der Waals surface area (Å²) in [6, 6.07) is 6.00. The summed E-state index contributed by atoms with van der Waals surface area (Å²) in [5, 5.41) is 3.99. The molecule has 96 valence electrons. The molecule has 5 heteroatoms. The zero-order chi connectivity index (χ0) is 13.1. The highest BCUT2D eigenvalue weighted by atomic mass is 79.9. The minimum Gasteiger partial charge on any atom is -0.443 e. The molecule has 0 fully saturated rings. The van der Waals surface area contributed by atoms with Gasteiger partial charge in [0.05, 0.1) is 0 Å². The molecule has 0 saturated carbocycles. The van der Waals surface area contributed by atoms with E-state index >= 15 is 0 Å². The molecule has 0 spiro atoms. The highest BCUT2D eigenvalue weighted by Gasteiger charge is 2.14. The van der Waals surface area contributed by atoms with E-state index in [9.17, 15) is 0 Å². The van der Waals surface area contributed by atoms with E-state index in [-0.39, 0.29) is 0 Å². The molecule has 0 aliphatic heterocycles. The van der Waals surface area contributed by atoms with Gasteiger partial charge in [0, 0.05) is 27.6 Å². The number of hydrogen-bond donors (Lipinski definition) is 1. The van der Waals surface area contributed by atoms with Gasteiger partial charge in [0.25, 0.3) is 0 Å². The molecule has 0 aliphatic carbocycles. The maximum atomic E-state index is 6.02. The molecule has 0 unspecified atom stereocenters. The number of rotatable bonds is 4. The Bertz CT molecular complexity index is 540. The molecule has 0 amide bonds. The van der Waals surface area contributed by atoms with E-state index in [1.807, 2.05) is 18.2 Å². The van der Waals surface area contributed by atoms with Gasteiger partial charge in [-0.3, -0.25) is 0 Å². The SMILES string of the molecule is CC(C)NCc1ncoc1-c1cc(Cl)ccc1Br. The van der Waals surface area contributed by atoms with Crippen molar-refractivity contribution in [2.45, 2.75) is 26.4 Å². The third kappa shape index (κ3) is 3.13. The van der Waals surface area contributed by atoms with Crippen molar-refractivity contribution in [1.82, 2.24) is 10.3 Å². The van der Waals surface area contributed by atoms with Gasteiger partial charge in [-0.15, -0.1) is 0 Å². The summed E-state index contributed by atoms with van der Waals surface area (Å²) in [5.74, 6) is 0.748. The van der Waals surface area contributed by atoms with Crippen LogP contribution in [0.25, 0.3) is 11.3 Å². The maximum Gasteiger partial charge on any atom is 0.181 e. The average Bonchev–Trinajstić information content (AvgIpc) is 2.77. The van der Waals surface area contributed by atoms with Gasteiger partial charge < -0.3 is 9.73 Å². The molecule has 1 heterocycles. The first kappa shape index (κ1) is 13.6. The van der Waals surface area contributed by atoms with Crippen LogP contribution < -0.4 is 5.32 Å².